The third-order valence-corrected chi connectivity index (χ3v) is 8.27. The van der Waals surface area contributed by atoms with Gasteiger partial charge in [0.15, 0.2) is 0 Å². The molecule has 2 nitrogen and oxygen atoms in total. The predicted molar refractivity (Wildman–Crippen MR) is 185 cm³/mol. The molecule has 208 valence electrons. The molecule has 0 saturated heterocycles. The molecule has 0 aliphatic rings. The Morgan fingerprint density at radius 3 is 1.45 bits per heavy atom. The highest BCUT2D eigenvalue weighted by atomic mass is 16.3. The van der Waals surface area contributed by atoms with Gasteiger partial charge in [0.1, 0.15) is 11.2 Å². The number of rotatable bonds is 6. The molecule has 0 aliphatic heterocycles. The first-order valence-corrected chi connectivity index (χ1v) is 14.9. The fourth-order valence-corrected chi connectivity index (χ4v) is 6.09. The van der Waals surface area contributed by atoms with Gasteiger partial charge in [-0.1, -0.05) is 133 Å². The molecule has 2 heteroatoms. The topological polar surface area (TPSA) is 16.4 Å². The Morgan fingerprint density at radius 2 is 0.818 bits per heavy atom. The summed E-state index contributed by atoms with van der Waals surface area (Å²) in [6.07, 6.45) is 0. The van der Waals surface area contributed by atoms with Crippen LogP contribution in [-0.2, 0) is 0 Å². The van der Waals surface area contributed by atoms with Gasteiger partial charge in [-0.2, -0.15) is 0 Å². The monoisotopic (exact) mass is 563 g/mol. The molecule has 1 aromatic heterocycles. The fraction of sp³-hybridized carbons (Fsp3) is 0. The van der Waals surface area contributed by atoms with Crippen LogP contribution in [0.2, 0.25) is 0 Å². The number of fused-ring (bicyclic) bond motifs is 3. The van der Waals surface area contributed by atoms with E-state index in [9.17, 15) is 0 Å². The predicted octanol–water partition coefficient (Wildman–Crippen LogP) is 12.1. The molecule has 0 bridgehead atoms. The average Bonchev–Trinajstić information content (AvgIpc) is 3.48. The molecule has 0 amide bonds. The molecule has 0 atom stereocenters. The Bertz CT molecular complexity index is 2180. The largest absolute Gasteiger partial charge is 0.455 e. The Hall–Kier alpha value is -5.86. The van der Waals surface area contributed by atoms with Crippen LogP contribution in [0.4, 0.5) is 17.1 Å². The molecule has 0 fully saturated rings. The zero-order valence-electron chi connectivity index (χ0n) is 24.1. The quantitative estimate of drug-likeness (QED) is 0.200. The minimum Gasteiger partial charge on any atom is -0.455 e. The number of para-hydroxylation sites is 2. The Balaban J connectivity index is 1.32. The van der Waals surface area contributed by atoms with Crippen molar-refractivity contribution in [2.24, 2.45) is 0 Å². The summed E-state index contributed by atoms with van der Waals surface area (Å²) in [5.74, 6) is 0. The van der Waals surface area contributed by atoms with Crippen LogP contribution in [0.15, 0.2) is 180 Å². The highest BCUT2D eigenvalue weighted by Gasteiger charge is 2.19. The van der Waals surface area contributed by atoms with Crippen molar-refractivity contribution in [3.05, 3.63) is 176 Å². The van der Waals surface area contributed by atoms with Crippen molar-refractivity contribution in [3.8, 4) is 33.4 Å². The van der Waals surface area contributed by atoms with Gasteiger partial charge in [0.25, 0.3) is 0 Å². The van der Waals surface area contributed by atoms with E-state index in [0.717, 1.165) is 50.1 Å². The molecule has 0 N–H and O–H groups in total. The van der Waals surface area contributed by atoms with Crippen molar-refractivity contribution in [1.29, 1.82) is 0 Å². The van der Waals surface area contributed by atoms with Crippen LogP contribution in [0.1, 0.15) is 0 Å². The molecular weight excluding hydrogens is 534 g/mol. The molecule has 44 heavy (non-hydrogen) atoms. The maximum Gasteiger partial charge on any atom is 0.143 e. The normalized spacial score (nSPS) is 11.2. The molecule has 0 spiro atoms. The number of benzene rings is 7. The van der Waals surface area contributed by atoms with E-state index in [1.165, 1.54) is 22.3 Å². The average molecular weight is 564 g/mol. The Labute approximate surface area is 257 Å². The highest BCUT2D eigenvalue weighted by molar-refractivity contribution is 6.11. The summed E-state index contributed by atoms with van der Waals surface area (Å²) < 4.78 is 6.55. The molecule has 0 radical (unpaired) electrons. The number of hydrogen-bond acceptors (Lipinski definition) is 2. The molecule has 8 aromatic rings. The van der Waals surface area contributed by atoms with E-state index in [-0.39, 0.29) is 0 Å². The second-order valence-electron chi connectivity index (χ2n) is 11.0. The minimum absolute atomic E-state index is 0.889. The smallest absolute Gasteiger partial charge is 0.143 e. The second kappa shape index (κ2) is 11.1. The summed E-state index contributed by atoms with van der Waals surface area (Å²) in [5.41, 5.74) is 12.0. The van der Waals surface area contributed by atoms with E-state index >= 15 is 0 Å². The first kappa shape index (κ1) is 25.8. The van der Waals surface area contributed by atoms with Crippen LogP contribution >= 0.6 is 0 Å². The maximum atomic E-state index is 6.55. The lowest BCUT2D eigenvalue weighted by Crippen LogP contribution is -2.10. The number of hydrogen-bond donors (Lipinski definition) is 0. The summed E-state index contributed by atoms with van der Waals surface area (Å²) >= 11 is 0. The van der Waals surface area contributed by atoms with Crippen molar-refractivity contribution in [2.75, 3.05) is 4.90 Å². The van der Waals surface area contributed by atoms with Crippen molar-refractivity contribution in [3.63, 3.8) is 0 Å². The van der Waals surface area contributed by atoms with Gasteiger partial charge in [0.05, 0.1) is 0 Å². The second-order valence-corrected chi connectivity index (χ2v) is 11.0. The van der Waals surface area contributed by atoms with Gasteiger partial charge in [0, 0.05) is 33.4 Å². The lowest BCUT2D eigenvalue weighted by Gasteiger charge is -2.26. The van der Waals surface area contributed by atoms with Gasteiger partial charge >= 0.3 is 0 Å². The van der Waals surface area contributed by atoms with E-state index in [1.807, 2.05) is 6.07 Å². The van der Waals surface area contributed by atoms with Gasteiger partial charge < -0.3 is 9.32 Å². The molecule has 1 heterocycles. The fourth-order valence-electron chi connectivity index (χ4n) is 6.09. The minimum atomic E-state index is 0.889. The van der Waals surface area contributed by atoms with Crippen molar-refractivity contribution in [2.45, 2.75) is 0 Å². The number of anilines is 3. The summed E-state index contributed by atoms with van der Waals surface area (Å²) in [6, 6.07) is 62.1. The van der Waals surface area contributed by atoms with Crippen molar-refractivity contribution in [1.82, 2.24) is 0 Å². The summed E-state index contributed by atoms with van der Waals surface area (Å²) in [6.45, 7) is 0. The molecule has 0 unspecified atom stereocenters. The van der Waals surface area contributed by atoms with Crippen LogP contribution in [-0.4, -0.2) is 0 Å². The molecular formula is C42H29NO. The summed E-state index contributed by atoms with van der Waals surface area (Å²) in [7, 11) is 0. The summed E-state index contributed by atoms with van der Waals surface area (Å²) in [5, 5.41) is 2.21. The van der Waals surface area contributed by atoms with E-state index in [1.54, 1.807) is 0 Å². The summed E-state index contributed by atoms with van der Waals surface area (Å²) in [4.78, 5) is 2.33. The van der Waals surface area contributed by atoms with E-state index in [4.69, 9.17) is 4.42 Å². The maximum absolute atomic E-state index is 6.55. The first-order valence-electron chi connectivity index (χ1n) is 14.9. The Kier molecular flexibility index (Phi) is 6.51. The third kappa shape index (κ3) is 4.73. The van der Waals surface area contributed by atoms with Crippen LogP contribution in [0.3, 0.4) is 0 Å². The van der Waals surface area contributed by atoms with Crippen LogP contribution < -0.4 is 4.90 Å². The molecule has 7 aromatic carbocycles. The van der Waals surface area contributed by atoms with Crippen molar-refractivity contribution < 1.29 is 4.42 Å². The van der Waals surface area contributed by atoms with Gasteiger partial charge in [0.2, 0.25) is 0 Å². The lowest BCUT2D eigenvalue weighted by molar-refractivity contribution is 0.670. The third-order valence-electron chi connectivity index (χ3n) is 8.27. The van der Waals surface area contributed by atoms with E-state index < -0.39 is 0 Å². The molecule has 8 rings (SSSR count). The zero-order valence-corrected chi connectivity index (χ0v) is 24.1. The number of furan rings is 1. The van der Waals surface area contributed by atoms with Gasteiger partial charge in [-0.25, -0.2) is 0 Å². The van der Waals surface area contributed by atoms with Gasteiger partial charge in [-0.05, 0) is 70.3 Å². The van der Waals surface area contributed by atoms with Crippen molar-refractivity contribution >= 4 is 39.0 Å². The zero-order chi connectivity index (χ0) is 29.3. The molecule has 0 aliphatic carbocycles. The standard InChI is InChI=1S/C42H29NO/c1-4-12-30(13-5-1)32-20-22-34(23-21-32)39-28-37(29-40-38-18-10-11-19-41(38)44-42(39)40)43(35-16-8-3-9-17-35)36-26-24-33(25-27-36)31-14-6-2-7-15-31/h1-29H. The van der Waals surface area contributed by atoms with Gasteiger partial charge in [-0.3, -0.25) is 0 Å². The first-order chi connectivity index (χ1) is 21.8. The number of nitrogens with zero attached hydrogens (tertiary/aromatic N) is 1. The van der Waals surface area contributed by atoms with Crippen LogP contribution in [0.25, 0.3) is 55.3 Å². The Morgan fingerprint density at radius 1 is 0.341 bits per heavy atom. The molecule has 0 saturated carbocycles. The van der Waals surface area contributed by atoms with Gasteiger partial charge in [-0.15, -0.1) is 0 Å². The van der Waals surface area contributed by atoms with Crippen LogP contribution in [0, 0.1) is 0 Å². The lowest BCUT2D eigenvalue weighted by atomic mass is 9.97. The highest BCUT2D eigenvalue weighted by Crippen LogP contribution is 2.43. The van der Waals surface area contributed by atoms with Crippen LogP contribution in [0.5, 0.6) is 0 Å². The SMILES string of the molecule is c1ccc(-c2ccc(-c3cc(N(c4ccccc4)c4ccc(-c5ccccc5)cc4)cc4c3oc3ccccc34)cc2)cc1. The van der Waals surface area contributed by atoms with E-state index in [2.05, 4.69) is 175 Å². The van der Waals surface area contributed by atoms with E-state index in [0.29, 0.717) is 0 Å².